The third-order valence-corrected chi connectivity index (χ3v) is 8.10. The number of amides is 1. The molecule has 2 aliphatic rings. The number of carbonyl (C=O) groups excluding carboxylic acids is 1. The predicted molar refractivity (Wildman–Crippen MR) is 117 cm³/mol. The van der Waals surface area contributed by atoms with Crippen LogP contribution in [0.1, 0.15) is 24.8 Å². The van der Waals surface area contributed by atoms with Crippen LogP contribution in [-0.2, 0) is 20.6 Å². The molecule has 6 nitrogen and oxygen atoms in total. The Hall–Kier alpha value is -2.09. The van der Waals surface area contributed by atoms with Crippen LogP contribution in [0, 0.1) is 5.41 Å². The number of benzene rings is 2. The van der Waals surface area contributed by atoms with Gasteiger partial charge in [0.25, 0.3) is 0 Å². The Labute approximate surface area is 182 Å². The molecule has 1 spiro atoms. The van der Waals surface area contributed by atoms with Gasteiger partial charge in [0.15, 0.2) is 0 Å². The van der Waals surface area contributed by atoms with Crippen molar-refractivity contribution in [3.8, 4) is 5.75 Å². The van der Waals surface area contributed by atoms with Crippen molar-refractivity contribution in [3.05, 3.63) is 59.1 Å². The summed E-state index contributed by atoms with van der Waals surface area (Å²) in [5, 5.41) is 0.513. The topological polar surface area (TPSA) is 66.9 Å². The smallest absolute Gasteiger partial charge is 0.234 e. The second kappa shape index (κ2) is 8.21. The van der Waals surface area contributed by atoms with Gasteiger partial charge in [-0.2, -0.15) is 0 Å². The highest BCUT2D eigenvalue weighted by Crippen LogP contribution is 2.43. The van der Waals surface area contributed by atoms with Gasteiger partial charge < -0.3 is 9.64 Å². The van der Waals surface area contributed by atoms with Crippen molar-refractivity contribution in [1.82, 2.24) is 4.31 Å². The summed E-state index contributed by atoms with van der Waals surface area (Å²) in [6.07, 6.45) is 2.04. The van der Waals surface area contributed by atoms with E-state index in [9.17, 15) is 13.2 Å². The molecule has 2 heterocycles. The zero-order valence-corrected chi connectivity index (χ0v) is 18.5. The van der Waals surface area contributed by atoms with E-state index in [4.69, 9.17) is 16.3 Å². The molecule has 1 unspecified atom stereocenters. The van der Waals surface area contributed by atoms with Gasteiger partial charge in [-0.25, -0.2) is 12.7 Å². The molecular weight excluding hydrogens is 424 g/mol. The second-order valence-corrected chi connectivity index (χ2v) is 10.4. The minimum Gasteiger partial charge on any atom is -0.497 e. The Balaban J connectivity index is 1.52. The van der Waals surface area contributed by atoms with Crippen LogP contribution in [0.4, 0.5) is 5.69 Å². The Morgan fingerprint density at radius 1 is 1.10 bits per heavy atom. The minimum atomic E-state index is -3.54. The van der Waals surface area contributed by atoms with Gasteiger partial charge in [0.2, 0.25) is 15.9 Å². The molecule has 1 amide bonds. The van der Waals surface area contributed by atoms with E-state index in [1.165, 1.54) is 4.31 Å². The first kappa shape index (κ1) is 21.2. The van der Waals surface area contributed by atoms with Crippen LogP contribution in [0.15, 0.2) is 48.5 Å². The minimum absolute atomic E-state index is 0.00956. The van der Waals surface area contributed by atoms with E-state index >= 15 is 0 Å². The summed E-state index contributed by atoms with van der Waals surface area (Å²) < 4.78 is 32.8. The fraction of sp³-hybridized carbons (Fsp3) is 0.409. The van der Waals surface area contributed by atoms with Crippen molar-refractivity contribution < 1.29 is 17.9 Å². The lowest BCUT2D eigenvalue weighted by atomic mass is 9.79. The number of hydrogen-bond donors (Lipinski definition) is 0. The van der Waals surface area contributed by atoms with E-state index in [0.29, 0.717) is 42.9 Å². The molecule has 4 rings (SSSR count). The molecule has 2 saturated heterocycles. The zero-order chi connectivity index (χ0) is 21.4. The van der Waals surface area contributed by atoms with Gasteiger partial charge in [-0.3, -0.25) is 4.79 Å². The van der Waals surface area contributed by atoms with Crippen molar-refractivity contribution in [3.63, 3.8) is 0 Å². The van der Waals surface area contributed by atoms with Gasteiger partial charge in [0, 0.05) is 30.3 Å². The number of piperidine rings is 1. The van der Waals surface area contributed by atoms with Crippen LogP contribution in [0.5, 0.6) is 5.75 Å². The lowest BCUT2D eigenvalue weighted by Crippen LogP contribution is -2.50. The fourth-order valence-electron chi connectivity index (χ4n) is 4.46. The number of sulfonamides is 1. The Kier molecular flexibility index (Phi) is 5.79. The maximum atomic E-state index is 13.4. The van der Waals surface area contributed by atoms with Crippen molar-refractivity contribution in [2.24, 2.45) is 5.41 Å². The number of halogens is 1. The summed E-state index contributed by atoms with van der Waals surface area (Å²) in [5.41, 5.74) is 0.816. The molecule has 0 aromatic heterocycles. The highest BCUT2D eigenvalue weighted by atomic mass is 35.5. The molecule has 2 aromatic carbocycles. The average molecular weight is 449 g/mol. The highest BCUT2D eigenvalue weighted by molar-refractivity contribution is 7.88. The molecule has 0 aliphatic carbocycles. The van der Waals surface area contributed by atoms with E-state index in [2.05, 4.69) is 0 Å². The number of methoxy groups -OCH3 is 1. The summed E-state index contributed by atoms with van der Waals surface area (Å²) in [7, 11) is -1.94. The Morgan fingerprint density at radius 3 is 2.57 bits per heavy atom. The van der Waals surface area contributed by atoms with Crippen molar-refractivity contribution in [2.75, 3.05) is 31.6 Å². The van der Waals surface area contributed by atoms with Crippen molar-refractivity contribution in [1.29, 1.82) is 0 Å². The first-order valence-electron chi connectivity index (χ1n) is 10.0. The largest absolute Gasteiger partial charge is 0.497 e. The number of nitrogens with zero attached hydrogens (tertiary/aromatic N) is 2. The number of hydrogen-bond acceptors (Lipinski definition) is 4. The zero-order valence-electron chi connectivity index (χ0n) is 16.9. The van der Waals surface area contributed by atoms with E-state index in [0.717, 1.165) is 11.4 Å². The number of rotatable bonds is 5. The molecule has 2 fully saturated rings. The maximum absolute atomic E-state index is 13.4. The van der Waals surface area contributed by atoms with Crippen LogP contribution >= 0.6 is 11.6 Å². The molecule has 160 valence electrons. The fourth-order valence-corrected chi connectivity index (χ4v) is 6.31. The molecule has 1 atom stereocenters. The van der Waals surface area contributed by atoms with Gasteiger partial charge in [-0.1, -0.05) is 23.7 Å². The van der Waals surface area contributed by atoms with Crippen LogP contribution in [-0.4, -0.2) is 45.4 Å². The predicted octanol–water partition coefficient (Wildman–Crippen LogP) is 3.70. The second-order valence-electron chi connectivity index (χ2n) is 8.01. The summed E-state index contributed by atoms with van der Waals surface area (Å²) in [4.78, 5) is 15.1. The van der Waals surface area contributed by atoms with Crippen LogP contribution < -0.4 is 9.64 Å². The molecule has 0 bridgehead atoms. The lowest BCUT2D eigenvalue weighted by Gasteiger charge is -2.38. The molecule has 30 heavy (non-hydrogen) atoms. The monoisotopic (exact) mass is 448 g/mol. The summed E-state index contributed by atoms with van der Waals surface area (Å²) >= 11 is 6.00. The Bertz CT molecular complexity index is 1040. The maximum Gasteiger partial charge on any atom is 0.234 e. The SMILES string of the molecule is COc1ccc(N2CCC3(CCCN(S(=O)(=O)Cc4cccc(Cl)c4)C3)C2=O)cc1. The first-order valence-corrected chi connectivity index (χ1v) is 12.0. The average Bonchev–Trinajstić information content (AvgIpc) is 3.03. The molecule has 0 N–H and O–H groups in total. The standard InChI is InChI=1S/C22H25ClN2O4S/c1-29-20-8-6-19(7-9-20)25-13-11-22(21(25)26)10-3-12-24(16-22)30(27,28)15-17-4-2-5-18(23)14-17/h2,4-9,14H,3,10-13,15-16H2,1H3. The quantitative estimate of drug-likeness (QED) is 0.699. The molecule has 0 saturated carbocycles. The summed E-state index contributed by atoms with van der Waals surface area (Å²) in [6, 6.07) is 14.3. The molecule has 2 aliphatic heterocycles. The van der Waals surface area contributed by atoms with Crippen molar-refractivity contribution in [2.45, 2.75) is 25.0 Å². The normalized spacial score (nSPS) is 22.6. The first-order chi connectivity index (χ1) is 14.3. The van der Waals surface area contributed by atoms with Gasteiger partial charge in [-0.15, -0.1) is 0 Å². The van der Waals surface area contributed by atoms with E-state index in [1.54, 1.807) is 36.3 Å². The third-order valence-electron chi connectivity index (χ3n) is 6.07. The van der Waals surface area contributed by atoms with Gasteiger partial charge in [0.1, 0.15) is 5.75 Å². The van der Waals surface area contributed by atoms with Crippen LogP contribution in [0.2, 0.25) is 5.02 Å². The lowest BCUT2D eigenvalue weighted by molar-refractivity contribution is -0.127. The summed E-state index contributed by atoms with van der Waals surface area (Å²) in [6.45, 7) is 1.27. The third kappa shape index (κ3) is 4.06. The van der Waals surface area contributed by atoms with Crippen LogP contribution in [0.25, 0.3) is 0 Å². The highest BCUT2D eigenvalue weighted by Gasteiger charge is 2.50. The van der Waals surface area contributed by atoms with Gasteiger partial charge >= 0.3 is 0 Å². The molecule has 2 aromatic rings. The van der Waals surface area contributed by atoms with E-state index in [-0.39, 0.29) is 18.2 Å². The molecule has 8 heteroatoms. The van der Waals surface area contributed by atoms with Crippen LogP contribution in [0.3, 0.4) is 0 Å². The van der Waals surface area contributed by atoms with Crippen molar-refractivity contribution >= 4 is 33.2 Å². The van der Waals surface area contributed by atoms with Gasteiger partial charge in [0.05, 0.1) is 18.3 Å². The molecular formula is C22H25ClN2O4S. The number of ether oxygens (including phenoxy) is 1. The molecule has 0 radical (unpaired) electrons. The van der Waals surface area contributed by atoms with Gasteiger partial charge in [-0.05, 0) is 61.2 Å². The van der Waals surface area contributed by atoms with E-state index < -0.39 is 15.4 Å². The van der Waals surface area contributed by atoms with E-state index in [1.807, 2.05) is 24.3 Å². The number of carbonyl (C=O) groups is 1. The summed E-state index contributed by atoms with van der Waals surface area (Å²) in [5.74, 6) is 0.631. The Morgan fingerprint density at radius 2 is 1.87 bits per heavy atom. The number of anilines is 1.